The van der Waals surface area contributed by atoms with Gasteiger partial charge in [-0.25, -0.2) is 8.42 Å². The maximum Gasteiger partial charge on any atom is 0.241 e. The van der Waals surface area contributed by atoms with Crippen molar-refractivity contribution in [3.05, 3.63) is 78.4 Å². The molecule has 3 aromatic carbocycles. The van der Waals surface area contributed by atoms with Crippen LogP contribution in [0.3, 0.4) is 0 Å². The highest BCUT2D eigenvalue weighted by atomic mass is 32.2. The van der Waals surface area contributed by atoms with E-state index in [1.807, 2.05) is 56.3 Å². The number of nitrogens with one attached hydrogen (secondary N) is 2. The van der Waals surface area contributed by atoms with E-state index in [0.717, 1.165) is 23.9 Å². The molecule has 0 saturated carbocycles. The fourth-order valence-electron chi connectivity index (χ4n) is 4.70. The zero-order valence-corrected chi connectivity index (χ0v) is 21.6. The van der Waals surface area contributed by atoms with Crippen LogP contribution in [-0.4, -0.2) is 55.6 Å². The van der Waals surface area contributed by atoms with Crippen LogP contribution in [0.5, 0.6) is 0 Å². The first kappa shape index (κ1) is 26.3. The van der Waals surface area contributed by atoms with Crippen LogP contribution >= 0.6 is 0 Å². The molecule has 3 aromatic rings. The van der Waals surface area contributed by atoms with E-state index in [0.29, 0.717) is 19.4 Å². The zero-order chi connectivity index (χ0) is 25.7. The molecular weight excluding hydrogens is 474 g/mol. The molecule has 0 aliphatic carbocycles. The third-order valence-electron chi connectivity index (χ3n) is 6.59. The maximum atomic E-state index is 13.2. The van der Waals surface area contributed by atoms with Gasteiger partial charge in [-0.05, 0) is 47.2 Å². The SMILES string of the molecule is CC(C)C[C@H](NS(=O)(=O)c1ccc2ccccc2c1)C(=O)NC1CCN(Cc2ccccc2)CC1O. The fraction of sp³-hybridized carbons (Fsp3) is 0.393. The first-order valence-electron chi connectivity index (χ1n) is 12.5. The monoisotopic (exact) mass is 509 g/mol. The van der Waals surface area contributed by atoms with Gasteiger partial charge >= 0.3 is 0 Å². The second-order valence-electron chi connectivity index (χ2n) is 10.0. The Balaban J connectivity index is 1.41. The number of piperidine rings is 1. The number of aliphatic hydroxyl groups is 1. The van der Waals surface area contributed by atoms with E-state index in [4.69, 9.17) is 0 Å². The summed E-state index contributed by atoms with van der Waals surface area (Å²) >= 11 is 0. The predicted molar refractivity (Wildman–Crippen MR) is 142 cm³/mol. The molecule has 1 saturated heterocycles. The van der Waals surface area contributed by atoms with Crippen molar-refractivity contribution in [2.24, 2.45) is 5.92 Å². The number of hydrogen-bond donors (Lipinski definition) is 3. The van der Waals surface area contributed by atoms with Crippen molar-refractivity contribution in [3.63, 3.8) is 0 Å². The zero-order valence-electron chi connectivity index (χ0n) is 20.8. The topological polar surface area (TPSA) is 98.7 Å². The molecule has 36 heavy (non-hydrogen) atoms. The minimum absolute atomic E-state index is 0.0951. The minimum atomic E-state index is -3.92. The van der Waals surface area contributed by atoms with Crippen molar-refractivity contribution in [3.8, 4) is 0 Å². The number of sulfonamides is 1. The molecule has 4 rings (SSSR count). The molecule has 1 amide bonds. The number of amides is 1. The number of rotatable bonds is 9. The molecule has 0 radical (unpaired) electrons. The summed E-state index contributed by atoms with van der Waals surface area (Å²) in [6.45, 7) is 5.80. The molecule has 3 atom stereocenters. The molecule has 1 heterocycles. The van der Waals surface area contributed by atoms with Gasteiger partial charge in [-0.2, -0.15) is 4.72 Å². The van der Waals surface area contributed by atoms with Gasteiger partial charge in [-0.15, -0.1) is 0 Å². The van der Waals surface area contributed by atoms with E-state index in [9.17, 15) is 18.3 Å². The highest BCUT2D eigenvalue weighted by Crippen LogP contribution is 2.20. The number of carbonyl (C=O) groups excluding carboxylic acids is 1. The van der Waals surface area contributed by atoms with E-state index in [1.165, 1.54) is 5.56 Å². The van der Waals surface area contributed by atoms with Crippen molar-refractivity contribution in [2.45, 2.75) is 56.3 Å². The Hall–Kier alpha value is -2.78. The number of β-amino-alcohol motifs (C(OH)–C–C–N with tert-alkyl or cyclic N) is 1. The van der Waals surface area contributed by atoms with Crippen LogP contribution in [0, 0.1) is 5.92 Å². The molecule has 1 aliphatic heterocycles. The van der Waals surface area contributed by atoms with Crippen molar-refractivity contribution < 1.29 is 18.3 Å². The van der Waals surface area contributed by atoms with Crippen LogP contribution < -0.4 is 10.0 Å². The average molecular weight is 510 g/mol. The van der Waals surface area contributed by atoms with Crippen LogP contribution in [0.15, 0.2) is 77.7 Å². The molecule has 0 spiro atoms. The summed E-state index contributed by atoms with van der Waals surface area (Å²) in [5, 5.41) is 15.4. The third-order valence-corrected chi connectivity index (χ3v) is 8.06. The molecule has 192 valence electrons. The summed E-state index contributed by atoms with van der Waals surface area (Å²) < 4.78 is 29.0. The Kier molecular flexibility index (Phi) is 8.41. The number of nitrogens with zero attached hydrogens (tertiary/aromatic N) is 1. The Labute approximate surface area is 213 Å². The van der Waals surface area contributed by atoms with Gasteiger partial charge in [0.25, 0.3) is 0 Å². The summed E-state index contributed by atoms with van der Waals surface area (Å²) in [5.74, 6) is -0.314. The lowest BCUT2D eigenvalue weighted by atomic mass is 9.99. The molecule has 0 bridgehead atoms. The number of fused-ring (bicyclic) bond motifs is 1. The number of aliphatic hydroxyl groups excluding tert-OH is 1. The van der Waals surface area contributed by atoms with Gasteiger partial charge in [-0.1, -0.05) is 74.5 Å². The summed E-state index contributed by atoms with van der Waals surface area (Å²) in [4.78, 5) is 15.5. The molecular formula is C28H35N3O4S. The molecule has 1 aliphatic rings. The molecule has 0 aromatic heterocycles. The minimum Gasteiger partial charge on any atom is -0.390 e. The number of hydrogen-bond acceptors (Lipinski definition) is 5. The van der Waals surface area contributed by atoms with E-state index < -0.39 is 34.1 Å². The summed E-state index contributed by atoms with van der Waals surface area (Å²) in [6, 6.07) is 21.2. The second-order valence-corrected chi connectivity index (χ2v) is 11.7. The number of benzene rings is 3. The fourth-order valence-corrected chi connectivity index (χ4v) is 5.95. The molecule has 1 fully saturated rings. The predicted octanol–water partition coefficient (Wildman–Crippen LogP) is 3.28. The van der Waals surface area contributed by atoms with E-state index in [2.05, 4.69) is 27.1 Å². The average Bonchev–Trinajstić information content (AvgIpc) is 2.85. The van der Waals surface area contributed by atoms with Crippen molar-refractivity contribution in [2.75, 3.05) is 13.1 Å². The van der Waals surface area contributed by atoms with Gasteiger partial charge in [0.15, 0.2) is 0 Å². The van der Waals surface area contributed by atoms with Gasteiger partial charge in [0, 0.05) is 19.6 Å². The molecule has 8 heteroatoms. The second kappa shape index (κ2) is 11.5. The van der Waals surface area contributed by atoms with Gasteiger partial charge in [-0.3, -0.25) is 9.69 Å². The Morgan fingerprint density at radius 3 is 2.42 bits per heavy atom. The van der Waals surface area contributed by atoms with Gasteiger partial charge in [0.05, 0.1) is 17.0 Å². The Morgan fingerprint density at radius 2 is 1.72 bits per heavy atom. The normalized spacial score (nSPS) is 19.9. The third kappa shape index (κ3) is 6.70. The summed E-state index contributed by atoms with van der Waals surface area (Å²) in [5.41, 5.74) is 1.17. The lowest BCUT2D eigenvalue weighted by molar-refractivity contribution is -0.125. The van der Waals surface area contributed by atoms with Crippen LogP contribution in [0.4, 0.5) is 0 Å². The molecule has 2 unspecified atom stereocenters. The Bertz CT molecular complexity index is 1280. The standard InChI is InChI=1S/C28H35N3O4S/c1-20(2)16-26(30-36(34,35)24-13-12-22-10-6-7-11-23(22)17-24)28(33)29-25-14-15-31(19-27(25)32)18-21-8-4-3-5-9-21/h3-13,17,20,25-27,30,32H,14-16,18-19H2,1-2H3,(H,29,33)/t25?,26-,27?/m0/s1. The quantitative estimate of drug-likeness (QED) is 0.411. The van der Waals surface area contributed by atoms with E-state index in [-0.39, 0.29) is 10.8 Å². The highest BCUT2D eigenvalue weighted by Gasteiger charge is 2.33. The highest BCUT2D eigenvalue weighted by molar-refractivity contribution is 7.89. The first-order chi connectivity index (χ1) is 17.2. The van der Waals surface area contributed by atoms with E-state index in [1.54, 1.807) is 18.2 Å². The number of likely N-dealkylation sites (tertiary alicyclic amines) is 1. The van der Waals surface area contributed by atoms with Crippen molar-refractivity contribution in [1.82, 2.24) is 14.9 Å². The van der Waals surface area contributed by atoms with Crippen LogP contribution in [0.2, 0.25) is 0 Å². The largest absolute Gasteiger partial charge is 0.390 e. The van der Waals surface area contributed by atoms with Gasteiger partial charge in [0.1, 0.15) is 6.04 Å². The summed E-state index contributed by atoms with van der Waals surface area (Å²) in [7, 11) is -3.92. The van der Waals surface area contributed by atoms with Crippen LogP contribution in [0.1, 0.15) is 32.3 Å². The van der Waals surface area contributed by atoms with Crippen molar-refractivity contribution in [1.29, 1.82) is 0 Å². The molecule has 7 nitrogen and oxygen atoms in total. The van der Waals surface area contributed by atoms with E-state index >= 15 is 0 Å². The van der Waals surface area contributed by atoms with Gasteiger partial charge in [0.2, 0.25) is 15.9 Å². The van der Waals surface area contributed by atoms with Crippen LogP contribution in [-0.2, 0) is 21.4 Å². The van der Waals surface area contributed by atoms with Crippen molar-refractivity contribution >= 4 is 26.7 Å². The lowest BCUT2D eigenvalue weighted by Gasteiger charge is -2.37. The smallest absolute Gasteiger partial charge is 0.241 e. The number of carbonyl (C=O) groups is 1. The molecule has 3 N–H and O–H groups in total. The van der Waals surface area contributed by atoms with Gasteiger partial charge < -0.3 is 10.4 Å². The maximum absolute atomic E-state index is 13.2. The first-order valence-corrected chi connectivity index (χ1v) is 14.0. The van der Waals surface area contributed by atoms with Crippen LogP contribution in [0.25, 0.3) is 10.8 Å². The Morgan fingerprint density at radius 1 is 1.03 bits per heavy atom. The lowest BCUT2D eigenvalue weighted by Crippen LogP contribution is -2.57. The summed E-state index contributed by atoms with van der Waals surface area (Å²) in [6.07, 6.45) is 0.205.